The zero-order chi connectivity index (χ0) is 9.10. The van der Waals surface area contributed by atoms with Crippen LogP contribution in [0.3, 0.4) is 0 Å². The predicted octanol–water partition coefficient (Wildman–Crippen LogP) is 0.317. The summed E-state index contributed by atoms with van der Waals surface area (Å²) >= 11 is 0. The summed E-state index contributed by atoms with van der Waals surface area (Å²) in [6, 6.07) is 0.701. The fourth-order valence-electron chi connectivity index (χ4n) is 2.21. The summed E-state index contributed by atoms with van der Waals surface area (Å²) in [6.07, 6.45) is 2.83. The molecule has 1 aliphatic heterocycles. The topological polar surface area (TPSA) is 24.5 Å². The Hall–Kier alpha value is -0.120. The van der Waals surface area contributed by atoms with Crippen LogP contribution in [0.4, 0.5) is 0 Å². The van der Waals surface area contributed by atoms with Gasteiger partial charge in [-0.25, -0.2) is 0 Å². The highest BCUT2D eigenvalue weighted by Crippen LogP contribution is 2.35. The van der Waals surface area contributed by atoms with E-state index in [1.165, 1.54) is 25.9 Å². The monoisotopic (exact) mass is 184 g/mol. The van der Waals surface area contributed by atoms with Crippen molar-refractivity contribution in [2.24, 2.45) is 5.92 Å². The third-order valence-electron chi connectivity index (χ3n) is 3.12. The highest BCUT2D eigenvalue weighted by Gasteiger charge is 2.35. The van der Waals surface area contributed by atoms with Crippen LogP contribution in [-0.2, 0) is 4.74 Å². The predicted molar refractivity (Wildman–Crippen MR) is 52.8 cm³/mol. The first kappa shape index (κ1) is 9.44. The van der Waals surface area contributed by atoms with Crippen molar-refractivity contribution in [3.8, 4) is 0 Å². The summed E-state index contributed by atoms with van der Waals surface area (Å²) in [4.78, 5) is 2.59. The van der Waals surface area contributed by atoms with Crippen LogP contribution in [0.15, 0.2) is 0 Å². The molecule has 1 atom stereocenters. The SMILES string of the molecule is COCC(C1CC1)N1CCNCC1. The van der Waals surface area contributed by atoms with E-state index in [4.69, 9.17) is 4.74 Å². The van der Waals surface area contributed by atoms with Crippen molar-refractivity contribution >= 4 is 0 Å². The normalized spacial score (nSPS) is 27.5. The molecule has 2 aliphatic rings. The van der Waals surface area contributed by atoms with E-state index in [1.54, 1.807) is 0 Å². The number of ether oxygens (including phenoxy) is 1. The van der Waals surface area contributed by atoms with Crippen LogP contribution < -0.4 is 5.32 Å². The number of piperazine rings is 1. The highest BCUT2D eigenvalue weighted by atomic mass is 16.5. The highest BCUT2D eigenvalue weighted by molar-refractivity contribution is 4.89. The molecule has 0 bridgehead atoms. The van der Waals surface area contributed by atoms with E-state index in [9.17, 15) is 0 Å². The zero-order valence-electron chi connectivity index (χ0n) is 8.46. The Morgan fingerprint density at radius 1 is 1.38 bits per heavy atom. The molecule has 1 unspecified atom stereocenters. The largest absolute Gasteiger partial charge is 0.383 e. The molecule has 0 spiro atoms. The molecule has 2 fully saturated rings. The van der Waals surface area contributed by atoms with E-state index in [0.717, 1.165) is 25.6 Å². The van der Waals surface area contributed by atoms with Gasteiger partial charge in [0.1, 0.15) is 0 Å². The molecule has 1 N–H and O–H groups in total. The smallest absolute Gasteiger partial charge is 0.0620 e. The molecule has 1 saturated heterocycles. The lowest BCUT2D eigenvalue weighted by molar-refractivity contribution is 0.0696. The second-order valence-corrected chi connectivity index (χ2v) is 4.15. The standard InChI is InChI=1S/C10H20N2O/c1-13-8-10(9-2-3-9)12-6-4-11-5-7-12/h9-11H,2-8H2,1H3. The van der Waals surface area contributed by atoms with Gasteiger partial charge in [0, 0.05) is 39.3 Å². The second kappa shape index (κ2) is 4.40. The molecule has 76 valence electrons. The molecule has 0 amide bonds. The maximum Gasteiger partial charge on any atom is 0.0620 e. The summed E-state index contributed by atoms with van der Waals surface area (Å²) in [7, 11) is 1.82. The van der Waals surface area contributed by atoms with Gasteiger partial charge >= 0.3 is 0 Å². The summed E-state index contributed by atoms with van der Waals surface area (Å²) in [5.74, 6) is 0.929. The van der Waals surface area contributed by atoms with Gasteiger partial charge in [-0.1, -0.05) is 0 Å². The Morgan fingerprint density at radius 3 is 2.62 bits per heavy atom. The molecule has 1 heterocycles. The van der Waals surface area contributed by atoms with Crippen molar-refractivity contribution < 1.29 is 4.74 Å². The molecule has 2 rings (SSSR count). The Kier molecular flexibility index (Phi) is 3.19. The summed E-state index contributed by atoms with van der Waals surface area (Å²) in [6.45, 7) is 5.61. The van der Waals surface area contributed by atoms with Crippen molar-refractivity contribution in [3.63, 3.8) is 0 Å². The van der Waals surface area contributed by atoms with Crippen molar-refractivity contribution in [1.29, 1.82) is 0 Å². The summed E-state index contributed by atoms with van der Waals surface area (Å²) in [5, 5.41) is 3.39. The molecule has 0 aromatic carbocycles. The van der Waals surface area contributed by atoms with Gasteiger partial charge in [-0.15, -0.1) is 0 Å². The van der Waals surface area contributed by atoms with Gasteiger partial charge in [-0.3, -0.25) is 4.90 Å². The van der Waals surface area contributed by atoms with Crippen LogP contribution in [0.5, 0.6) is 0 Å². The molecule has 0 radical (unpaired) electrons. The fraction of sp³-hybridized carbons (Fsp3) is 1.00. The molecular formula is C10H20N2O. The first-order chi connectivity index (χ1) is 6.42. The maximum absolute atomic E-state index is 5.30. The van der Waals surface area contributed by atoms with Crippen LogP contribution in [0.1, 0.15) is 12.8 Å². The minimum atomic E-state index is 0.701. The van der Waals surface area contributed by atoms with Crippen LogP contribution in [0.25, 0.3) is 0 Å². The van der Waals surface area contributed by atoms with Crippen LogP contribution in [0, 0.1) is 5.92 Å². The molecule has 3 nitrogen and oxygen atoms in total. The number of hydrogen-bond acceptors (Lipinski definition) is 3. The van der Waals surface area contributed by atoms with Crippen molar-refractivity contribution in [2.75, 3.05) is 39.9 Å². The third kappa shape index (κ3) is 2.42. The van der Waals surface area contributed by atoms with Gasteiger partial charge in [-0.2, -0.15) is 0 Å². The average Bonchev–Trinajstić information content (AvgIpc) is 2.99. The number of hydrogen-bond donors (Lipinski definition) is 1. The van der Waals surface area contributed by atoms with Crippen molar-refractivity contribution in [3.05, 3.63) is 0 Å². The van der Waals surface area contributed by atoms with Crippen LogP contribution in [0.2, 0.25) is 0 Å². The Morgan fingerprint density at radius 2 is 2.08 bits per heavy atom. The van der Waals surface area contributed by atoms with E-state index < -0.39 is 0 Å². The Labute approximate surface area is 80.4 Å². The van der Waals surface area contributed by atoms with Crippen LogP contribution >= 0.6 is 0 Å². The van der Waals surface area contributed by atoms with Gasteiger partial charge in [-0.05, 0) is 18.8 Å². The van der Waals surface area contributed by atoms with Gasteiger partial charge in [0.05, 0.1) is 6.61 Å². The second-order valence-electron chi connectivity index (χ2n) is 4.15. The molecule has 3 heteroatoms. The number of methoxy groups -OCH3 is 1. The molecule has 13 heavy (non-hydrogen) atoms. The lowest BCUT2D eigenvalue weighted by atomic mass is 10.1. The quantitative estimate of drug-likeness (QED) is 0.681. The number of rotatable bonds is 4. The van der Waals surface area contributed by atoms with E-state index in [0.29, 0.717) is 6.04 Å². The van der Waals surface area contributed by atoms with E-state index in [-0.39, 0.29) is 0 Å². The lowest BCUT2D eigenvalue weighted by Crippen LogP contribution is -2.50. The van der Waals surface area contributed by atoms with E-state index in [2.05, 4.69) is 10.2 Å². The Balaban J connectivity index is 1.84. The number of nitrogens with one attached hydrogen (secondary N) is 1. The first-order valence-electron chi connectivity index (χ1n) is 5.35. The number of nitrogens with zero attached hydrogens (tertiary/aromatic N) is 1. The third-order valence-corrected chi connectivity index (χ3v) is 3.12. The molecule has 1 saturated carbocycles. The van der Waals surface area contributed by atoms with Gasteiger partial charge in [0.15, 0.2) is 0 Å². The molecular weight excluding hydrogens is 164 g/mol. The van der Waals surface area contributed by atoms with Crippen LogP contribution in [-0.4, -0.2) is 50.8 Å². The fourth-order valence-corrected chi connectivity index (χ4v) is 2.21. The first-order valence-corrected chi connectivity index (χ1v) is 5.35. The van der Waals surface area contributed by atoms with E-state index in [1.807, 2.05) is 7.11 Å². The minimum absolute atomic E-state index is 0.701. The Bertz CT molecular complexity index is 153. The summed E-state index contributed by atoms with van der Waals surface area (Å²) in [5.41, 5.74) is 0. The van der Waals surface area contributed by atoms with Gasteiger partial charge in [0.25, 0.3) is 0 Å². The molecule has 0 aromatic rings. The van der Waals surface area contributed by atoms with Crippen molar-refractivity contribution in [1.82, 2.24) is 10.2 Å². The lowest BCUT2D eigenvalue weighted by Gasteiger charge is -2.34. The maximum atomic E-state index is 5.30. The van der Waals surface area contributed by atoms with Crippen molar-refractivity contribution in [2.45, 2.75) is 18.9 Å². The van der Waals surface area contributed by atoms with Gasteiger partial charge in [0.2, 0.25) is 0 Å². The van der Waals surface area contributed by atoms with Gasteiger partial charge < -0.3 is 10.1 Å². The minimum Gasteiger partial charge on any atom is -0.383 e. The molecule has 1 aliphatic carbocycles. The molecule has 0 aromatic heterocycles. The van der Waals surface area contributed by atoms with E-state index >= 15 is 0 Å². The average molecular weight is 184 g/mol. The zero-order valence-corrected chi connectivity index (χ0v) is 8.46. The summed E-state index contributed by atoms with van der Waals surface area (Å²) < 4.78 is 5.30.